The van der Waals surface area contributed by atoms with Crippen LogP contribution in [0.25, 0.3) is 0 Å². The van der Waals surface area contributed by atoms with Gasteiger partial charge in [-0.15, -0.1) is 0 Å². The zero-order valence-corrected chi connectivity index (χ0v) is 18.5. The number of carbonyl (C=O) groups is 1. The van der Waals surface area contributed by atoms with Crippen LogP contribution < -0.4 is 10.2 Å². The van der Waals surface area contributed by atoms with E-state index in [1.807, 2.05) is 35.2 Å². The van der Waals surface area contributed by atoms with Crippen LogP contribution in [0, 0.1) is 0 Å². The summed E-state index contributed by atoms with van der Waals surface area (Å²) in [5.74, 6) is -1.77. The summed E-state index contributed by atoms with van der Waals surface area (Å²) in [6.45, 7) is 1.35. The third kappa shape index (κ3) is 6.98. The Morgan fingerprint density at radius 2 is 1.69 bits per heavy atom. The van der Waals surface area contributed by atoms with Crippen molar-refractivity contribution in [1.29, 1.82) is 0 Å². The highest BCUT2D eigenvalue weighted by molar-refractivity contribution is 7.92. The highest BCUT2D eigenvalue weighted by Gasteiger charge is 2.32. The van der Waals surface area contributed by atoms with Gasteiger partial charge >= 0.3 is 6.18 Å². The quantitative estimate of drug-likeness (QED) is 0.611. The predicted octanol–water partition coefficient (Wildman–Crippen LogP) is 4.68. The van der Waals surface area contributed by atoms with Crippen molar-refractivity contribution in [2.45, 2.75) is 38.3 Å². The van der Waals surface area contributed by atoms with Crippen LogP contribution >= 0.6 is 0 Å². The van der Waals surface area contributed by atoms with E-state index >= 15 is 0 Å². The van der Waals surface area contributed by atoms with Gasteiger partial charge in [0.25, 0.3) is 0 Å². The molecule has 1 amide bonds. The topological polar surface area (TPSA) is 66.5 Å². The smallest absolute Gasteiger partial charge is 0.370 e. The molecule has 0 aliphatic carbocycles. The van der Waals surface area contributed by atoms with E-state index < -0.39 is 33.2 Å². The fourth-order valence-electron chi connectivity index (χ4n) is 3.82. The molecule has 5 nitrogen and oxygen atoms in total. The zero-order valence-electron chi connectivity index (χ0n) is 17.7. The van der Waals surface area contributed by atoms with Crippen LogP contribution in [0.3, 0.4) is 0 Å². The van der Waals surface area contributed by atoms with Gasteiger partial charge in [-0.3, -0.25) is 4.79 Å². The van der Waals surface area contributed by atoms with Crippen LogP contribution in [0.15, 0.2) is 48.5 Å². The molecule has 1 aliphatic rings. The Kier molecular flexibility index (Phi) is 7.82. The van der Waals surface area contributed by atoms with Crippen LogP contribution in [-0.4, -0.2) is 38.9 Å². The normalized spacial score (nSPS) is 14.9. The lowest BCUT2D eigenvalue weighted by Crippen LogP contribution is -2.31. The third-order valence-electron chi connectivity index (χ3n) is 5.41. The molecule has 32 heavy (non-hydrogen) atoms. The molecule has 0 saturated carbocycles. The number of carbonyl (C=O) groups excluding carboxylic acids is 1. The molecule has 1 N–H and O–H groups in total. The number of rotatable bonds is 8. The lowest BCUT2D eigenvalue weighted by atomic mass is 10.1. The van der Waals surface area contributed by atoms with Crippen LogP contribution in [0.4, 0.5) is 24.5 Å². The second-order valence-electron chi connectivity index (χ2n) is 8.01. The first kappa shape index (κ1) is 24.1. The predicted molar refractivity (Wildman–Crippen MR) is 120 cm³/mol. The maximum Gasteiger partial charge on any atom is 0.416 e. The summed E-state index contributed by atoms with van der Waals surface area (Å²) < 4.78 is 64.4. The number of sulfone groups is 1. The molecule has 1 aliphatic heterocycles. The monoisotopic (exact) mass is 468 g/mol. The lowest BCUT2D eigenvalue weighted by Gasteiger charge is -2.31. The van der Waals surface area contributed by atoms with Crippen molar-refractivity contribution in [3.05, 3.63) is 59.7 Å². The van der Waals surface area contributed by atoms with Crippen molar-refractivity contribution in [2.24, 2.45) is 0 Å². The van der Waals surface area contributed by atoms with E-state index in [0.717, 1.165) is 37.0 Å². The number of hydrogen-bond acceptors (Lipinski definition) is 4. The molecule has 0 spiro atoms. The van der Waals surface area contributed by atoms with E-state index in [9.17, 15) is 26.4 Å². The van der Waals surface area contributed by atoms with Gasteiger partial charge in [0.1, 0.15) is 5.75 Å². The van der Waals surface area contributed by atoms with Gasteiger partial charge in [0.05, 0.1) is 22.7 Å². The van der Waals surface area contributed by atoms with Crippen molar-refractivity contribution >= 4 is 27.1 Å². The first-order valence-corrected chi connectivity index (χ1v) is 12.5. The molecule has 1 saturated heterocycles. The van der Waals surface area contributed by atoms with Crippen molar-refractivity contribution in [3.8, 4) is 0 Å². The molecule has 3 rings (SSSR count). The third-order valence-corrected chi connectivity index (χ3v) is 7.02. The number of nitrogens with one attached hydrogen (secondary N) is 1. The summed E-state index contributed by atoms with van der Waals surface area (Å²) >= 11 is 0. The van der Waals surface area contributed by atoms with Crippen LogP contribution in [-0.2, 0) is 27.2 Å². The number of aryl methyl sites for hydroxylation is 1. The van der Waals surface area contributed by atoms with E-state index in [1.165, 1.54) is 6.07 Å². The summed E-state index contributed by atoms with van der Waals surface area (Å²) in [6, 6.07) is 12.6. The zero-order chi connectivity index (χ0) is 23.2. The molecule has 9 heteroatoms. The molecule has 1 heterocycles. The van der Waals surface area contributed by atoms with Crippen LogP contribution in [0.2, 0.25) is 0 Å². The van der Waals surface area contributed by atoms with Gasteiger partial charge in [-0.25, -0.2) is 8.42 Å². The number of halogens is 3. The average molecular weight is 469 g/mol. The molecule has 2 aromatic carbocycles. The second-order valence-corrected chi connectivity index (χ2v) is 10.2. The van der Waals surface area contributed by atoms with Crippen LogP contribution in [0.1, 0.15) is 36.8 Å². The summed E-state index contributed by atoms with van der Waals surface area (Å²) in [6.07, 6.45) is -0.783. The summed E-state index contributed by atoms with van der Waals surface area (Å²) in [5, 5.41) is 2.42. The van der Waals surface area contributed by atoms with Crippen molar-refractivity contribution in [2.75, 3.05) is 34.8 Å². The second kappa shape index (κ2) is 10.4. The largest absolute Gasteiger partial charge is 0.416 e. The molecule has 0 bridgehead atoms. The van der Waals surface area contributed by atoms with Gasteiger partial charge in [0, 0.05) is 13.1 Å². The number of hydrogen-bond donors (Lipinski definition) is 1. The van der Waals surface area contributed by atoms with Gasteiger partial charge in [-0.1, -0.05) is 30.3 Å². The van der Waals surface area contributed by atoms with Gasteiger partial charge in [-0.2, -0.15) is 13.2 Å². The molecule has 2 aromatic rings. The van der Waals surface area contributed by atoms with E-state index in [1.54, 1.807) is 0 Å². The molecule has 0 atom stereocenters. The van der Waals surface area contributed by atoms with E-state index in [-0.39, 0.29) is 11.4 Å². The van der Waals surface area contributed by atoms with Crippen molar-refractivity contribution < 1.29 is 26.4 Å². The maximum atomic E-state index is 13.2. The Hall–Kier alpha value is -2.55. The minimum Gasteiger partial charge on any atom is -0.370 e. The molecular formula is C23H27F3N2O3S. The fraction of sp³-hybridized carbons (Fsp3) is 0.435. The molecule has 0 aromatic heterocycles. The number of anilines is 2. The number of nitrogens with zero attached hydrogens (tertiary/aromatic N) is 1. The Morgan fingerprint density at radius 3 is 2.34 bits per heavy atom. The van der Waals surface area contributed by atoms with E-state index in [2.05, 4.69) is 5.32 Å². The Labute approximate surface area is 186 Å². The fourth-order valence-corrected chi connectivity index (χ4v) is 5.02. The summed E-state index contributed by atoms with van der Waals surface area (Å²) in [4.78, 5) is 14.4. The first-order chi connectivity index (χ1) is 15.1. The van der Waals surface area contributed by atoms with E-state index in [0.29, 0.717) is 31.6 Å². The molecular weight excluding hydrogens is 441 g/mol. The minimum absolute atomic E-state index is 0.00814. The lowest BCUT2D eigenvalue weighted by molar-refractivity contribution is -0.137. The number of benzene rings is 2. The van der Waals surface area contributed by atoms with E-state index in [4.69, 9.17) is 0 Å². The van der Waals surface area contributed by atoms with Crippen molar-refractivity contribution in [3.63, 3.8) is 0 Å². The number of amides is 1. The highest BCUT2D eigenvalue weighted by atomic mass is 32.2. The SMILES string of the molecule is O=C(CS(=O)(=O)CCCc1ccccc1)Nc1cc(C(F)(F)F)ccc1N1CCCCC1. The Bertz CT molecular complexity index is 1020. The van der Waals surface area contributed by atoms with Gasteiger partial charge in [0.2, 0.25) is 5.91 Å². The highest BCUT2D eigenvalue weighted by Crippen LogP contribution is 2.36. The molecule has 174 valence electrons. The van der Waals surface area contributed by atoms with Gasteiger partial charge in [-0.05, 0) is 55.9 Å². The first-order valence-electron chi connectivity index (χ1n) is 10.6. The Balaban J connectivity index is 1.67. The van der Waals surface area contributed by atoms with Gasteiger partial charge < -0.3 is 10.2 Å². The maximum absolute atomic E-state index is 13.2. The average Bonchev–Trinajstić information content (AvgIpc) is 2.74. The number of alkyl halides is 3. The summed E-state index contributed by atoms with van der Waals surface area (Å²) in [7, 11) is -3.70. The summed E-state index contributed by atoms with van der Waals surface area (Å²) in [5.41, 5.74) is 0.584. The molecule has 0 radical (unpaired) electrons. The molecule has 0 unspecified atom stereocenters. The standard InChI is InChI=1S/C23H27F3N2O3S/c24-23(25,26)19-11-12-21(28-13-5-2-6-14-28)20(16-19)27-22(29)17-32(30,31)15-7-10-18-8-3-1-4-9-18/h1,3-4,8-9,11-12,16H,2,5-7,10,13-15,17H2,(H,27,29). The number of piperidine rings is 1. The van der Waals surface area contributed by atoms with Crippen molar-refractivity contribution in [1.82, 2.24) is 0 Å². The molecule has 1 fully saturated rings. The minimum atomic E-state index is -4.57. The Morgan fingerprint density at radius 1 is 1.00 bits per heavy atom. The van der Waals surface area contributed by atoms with Gasteiger partial charge in [0.15, 0.2) is 9.84 Å². The van der Waals surface area contributed by atoms with Crippen LogP contribution in [0.5, 0.6) is 0 Å².